The first-order valence-electron chi connectivity index (χ1n) is 12.7. The van der Waals surface area contributed by atoms with Gasteiger partial charge in [0.1, 0.15) is 5.56 Å². The molecule has 0 saturated carbocycles. The number of aromatic nitrogens is 1. The van der Waals surface area contributed by atoms with Crippen molar-refractivity contribution in [2.75, 3.05) is 64.9 Å². The lowest BCUT2D eigenvalue weighted by Gasteiger charge is -2.37. The molecule has 38 heavy (non-hydrogen) atoms. The number of nitrogens with zero attached hydrogens (tertiary/aromatic N) is 4. The lowest BCUT2D eigenvalue weighted by molar-refractivity contribution is 0.0520. The molecule has 0 atom stereocenters. The smallest absolute Gasteiger partial charge is 0.345 e. The predicted molar refractivity (Wildman–Crippen MR) is 151 cm³/mol. The molecule has 202 valence electrons. The van der Waals surface area contributed by atoms with Crippen LogP contribution in [0.2, 0.25) is 10.0 Å². The molecule has 1 aliphatic rings. The van der Waals surface area contributed by atoms with E-state index in [0.29, 0.717) is 54.0 Å². The largest absolute Gasteiger partial charge is 0.477 e. The van der Waals surface area contributed by atoms with Crippen molar-refractivity contribution in [3.8, 4) is 5.88 Å². The van der Waals surface area contributed by atoms with Gasteiger partial charge in [0.2, 0.25) is 5.88 Å². The summed E-state index contributed by atoms with van der Waals surface area (Å²) in [6, 6.07) is 12.6. The normalized spacial score (nSPS) is 13.7. The zero-order valence-corrected chi connectivity index (χ0v) is 23.4. The molecule has 1 aromatic heterocycles. The summed E-state index contributed by atoms with van der Waals surface area (Å²) in [6.07, 6.45) is 0.786. The van der Waals surface area contributed by atoms with E-state index in [1.807, 2.05) is 38.4 Å². The predicted octanol–water partition coefficient (Wildman–Crippen LogP) is 5.01. The maximum atomic E-state index is 13.3. The van der Waals surface area contributed by atoms with Crippen LogP contribution in [0.5, 0.6) is 5.88 Å². The van der Waals surface area contributed by atoms with Crippen molar-refractivity contribution in [3.63, 3.8) is 0 Å². The van der Waals surface area contributed by atoms with Gasteiger partial charge in [-0.2, -0.15) is 0 Å². The summed E-state index contributed by atoms with van der Waals surface area (Å²) in [4.78, 5) is 37.1. The van der Waals surface area contributed by atoms with Crippen molar-refractivity contribution < 1.29 is 19.1 Å². The first-order chi connectivity index (χ1) is 18.3. The summed E-state index contributed by atoms with van der Waals surface area (Å²) in [5.74, 6) is -0.318. The Hall–Kier alpha value is -3.07. The number of carbonyl (C=O) groups is 2. The Bertz CT molecular complexity index is 1310. The Balaban J connectivity index is 1.64. The number of para-hydroxylation sites is 1. The number of anilines is 1. The van der Waals surface area contributed by atoms with E-state index >= 15 is 0 Å². The van der Waals surface area contributed by atoms with Gasteiger partial charge >= 0.3 is 5.97 Å². The van der Waals surface area contributed by atoms with Crippen molar-refractivity contribution in [1.29, 1.82) is 0 Å². The first-order valence-corrected chi connectivity index (χ1v) is 13.4. The standard InChI is InChI=1S/C28H32Cl2N4O4/c1-4-37-28(36)24-25(20-8-5-6-9-23(20)31-26(24)38-17-7-12-32(2)3)33-13-15-34(16-14-33)27(35)19-10-11-21(29)22(30)18-19/h5-6,8-11,18H,4,7,12-17H2,1-3H3. The number of amides is 1. The highest BCUT2D eigenvalue weighted by atomic mass is 35.5. The summed E-state index contributed by atoms with van der Waals surface area (Å²) < 4.78 is 11.5. The molecule has 1 aliphatic heterocycles. The van der Waals surface area contributed by atoms with Crippen LogP contribution in [-0.4, -0.2) is 86.7 Å². The summed E-state index contributed by atoms with van der Waals surface area (Å²) >= 11 is 12.1. The molecule has 1 amide bonds. The van der Waals surface area contributed by atoms with Crippen LogP contribution < -0.4 is 9.64 Å². The molecule has 0 aliphatic carbocycles. The summed E-state index contributed by atoms with van der Waals surface area (Å²) in [7, 11) is 4.00. The van der Waals surface area contributed by atoms with Crippen LogP contribution in [0.1, 0.15) is 34.1 Å². The van der Waals surface area contributed by atoms with E-state index in [4.69, 9.17) is 37.7 Å². The number of piperazine rings is 1. The second-order valence-electron chi connectivity index (χ2n) is 9.29. The third-order valence-corrected chi connectivity index (χ3v) is 7.09. The van der Waals surface area contributed by atoms with Gasteiger partial charge in [0.05, 0.1) is 34.5 Å². The molecule has 1 saturated heterocycles. The van der Waals surface area contributed by atoms with Crippen LogP contribution in [0.25, 0.3) is 10.9 Å². The minimum atomic E-state index is -0.474. The van der Waals surface area contributed by atoms with Crippen LogP contribution in [0, 0.1) is 0 Å². The maximum absolute atomic E-state index is 13.3. The number of esters is 1. The van der Waals surface area contributed by atoms with Crippen molar-refractivity contribution >= 4 is 51.7 Å². The summed E-state index contributed by atoms with van der Waals surface area (Å²) in [5, 5.41) is 1.58. The molecule has 0 bridgehead atoms. The number of fused-ring (bicyclic) bond motifs is 1. The highest BCUT2D eigenvalue weighted by molar-refractivity contribution is 6.42. The number of benzene rings is 2. The summed E-state index contributed by atoms with van der Waals surface area (Å²) in [6.45, 7) is 5.26. The zero-order valence-electron chi connectivity index (χ0n) is 21.9. The monoisotopic (exact) mass is 558 g/mol. The van der Waals surface area contributed by atoms with Crippen LogP contribution in [0.4, 0.5) is 5.69 Å². The number of carbonyl (C=O) groups excluding carboxylic acids is 2. The van der Waals surface area contributed by atoms with Crippen LogP contribution >= 0.6 is 23.2 Å². The lowest BCUT2D eigenvalue weighted by atomic mass is 10.1. The van der Waals surface area contributed by atoms with E-state index in [1.54, 1.807) is 30.0 Å². The van der Waals surface area contributed by atoms with Gasteiger partial charge in [-0.3, -0.25) is 4.79 Å². The number of pyridine rings is 1. The number of hydrogen-bond donors (Lipinski definition) is 0. The molecule has 2 aromatic carbocycles. The van der Waals surface area contributed by atoms with Gasteiger partial charge in [-0.25, -0.2) is 9.78 Å². The first kappa shape index (κ1) is 28.0. The van der Waals surface area contributed by atoms with Gasteiger partial charge < -0.3 is 24.2 Å². The quantitative estimate of drug-likeness (QED) is 0.270. The lowest BCUT2D eigenvalue weighted by Crippen LogP contribution is -2.49. The zero-order chi connectivity index (χ0) is 27.2. The average molecular weight is 559 g/mol. The van der Waals surface area contributed by atoms with Crippen molar-refractivity contribution in [3.05, 3.63) is 63.6 Å². The number of rotatable bonds is 9. The fourth-order valence-corrected chi connectivity index (χ4v) is 4.79. The molecule has 0 unspecified atom stereocenters. The molecule has 10 heteroatoms. The minimum Gasteiger partial charge on any atom is -0.477 e. The van der Waals surface area contributed by atoms with E-state index in [9.17, 15) is 9.59 Å². The number of halogens is 2. The van der Waals surface area contributed by atoms with Crippen molar-refractivity contribution in [2.24, 2.45) is 0 Å². The molecule has 0 radical (unpaired) electrons. The van der Waals surface area contributed by atoms with E-state index in [-0.39, 0.29) is 18.4 Å². The Labute approximate surface area is 233 Å². The van der Waals surface area contributed by atoms with E-state index < -0.39 is 5.97 Å². The number of hydrogen-bond acceptors (Lipinski definition) is 7. The molecule has 0 spiro atoms. The van der Waals surface area contributed by atoms with Gasteiger partial charge in [0.15, 0.2) is 0 Å². The van der Waals surface area contributed by atoms with Crippen LogP contribution in [0.3, 0.4) is 0 Å². The van der Waals surface area contributed by atoms with Gasteiger partial charge in [-0.1, -0.05) is 41.4 Å². The minimum absolute atomic E-state index is 0.113. The molecular formula is C28H32Cl2N4O4. The van der Waals surface area contributed by atoms with Crippen LogP contribution in [-0.2, 0) is 4.74 Å². The molecule has 4 rings (SSSR count). The molecular weight excluding hydrogens is 527 g/mol. The van der Waals surface area contributed by atoms with Gasteiger partial charge in [-0.15, -0.1) is 0 Å². The van der Waals surface area contributed by atoms with Crippen molar-refractivity contribution in [1.82, 2.24) is 14.8 Å². The van der Waals surface area contributed by atoms with E-state index in [0.717, 1.165) is 29.6 Å². The Kier molecular flexibility index (Phi) is 9.31. The molecule has 3 aromatic rings. The highest BCUT2D eigenvalue weighted by Gasteiger charge is 2.30. The fraction of sp³-hybridized carbons (Fsp3) is 0.393. The van der Waals surface area contributed by atoms with Gasteiger partial charge in [-0.05, 0) is 51.7 Å². The van der Waals surface area contributed by atoms with E-state index in [2.05, 4.69) is 9.80 Å². The average Bonchev–Trinajstić information content (AvgIpc) is 2.91. The highest BCUT2D eigenvalue weighted by Crippen LogP contribution is 2.37. The second-order valence-corrected chi connectivity index (χ2v) is 10.1. The molecule has 2 heterocycles. The van der Waals surface area contributed by atoms with Gasteiger partial charge in [0.25, 0.3) is 5.91 Å². The Morgan fingerprint density at radius 1 is 1.03 bits per heavy atom. The third kappa shape index (κ3) is 6.31. The summed E-state index contributed by atoms with van der Waals surface area (Å²) in [5.41, 5.74) is 2.26. The Morgan fingerprint density at radius 2 is 1.76 bits per heavy atom. The SMILES string of the molecule is CCOC(=O)c1c(OCCCN(C)C)nc2ccccc2c1N1CCN(C(=O)c2ccc(Cl)c(Cl)c2)CC1. The van der Waals surface area contributed by atoms with E-state index in [1.165, 1.54) is 0 Å². The second kappa shape index (κ2) is 12.7. The molecule has 8 nitrogen and oxygen atoms in total. The molecule has 0 N–H and O–H groups in total. The third-order valence-electron chi connectivity index (χ3n) is 6.35. The van der Waals surface area contributed by atoms with Crippen LogP contribution in [0.15, 0.2) is 42.5 Å². The fourth-order valence-electron chi connectivity index (χ4n) is 4.49. The maximum Gasteiger partial charge on any atom is 0.345 e. The Morgan fingerprint density at radius 3 is 2.45 bits per heavy atom. The molecule has 1 fully saturated rings. The number of ether oxygens (including phenoxy) is 2. The van der Waals surface area contributed by atoms with Crippen molar-refractivity contribution in [2.45, 2.75) is 13.3 Å². The topological polar surface area (TPSA) is 75.2 Å². The van der Waals surface area contributed by atoms with Gasteiger partial charge in [0, 0.05) is 43.7 Å².